The molecule has 2 aliphatic rings. The number of imide groups is 1. The number of aromatic nitrogens is 4. The highest BCUT2D eigenvalue weighted by Crippen LogP contribution is 2.31. The Labute approximate surface area is 225 Å². The van der Waals surface area contributed by atoms with E-state index in [4.69, 9.17) is 0 Å². The molecule has 3 heterocycles. The molecule has 204 valence electrons. The van der Waals surface area contributed by atoms with Gasteiger partial charge in [-0.25, -0.2) is 0 Å². The molecule has 13 heteroatoms. The van der Waals surface area contributed by atoms with Crippen LogP contribution in [0.25, 0.3) is 22.9 Å². The van der Waals surface area contributed by atoms with Crippen molar-refractivity contribution < 1.29 is 27.5 Å². The second-order valence-corrected chi connectivity index (χ2v) is 9.43. The van der Waals surface area contributed by atoms with Crippen LogP contribution in [0.2, 0.25) is 0 Å². The Morgan fingerprint density at radius 1 is 1.10 bits per heavy atom. The molecular formula is C27H22F3N7O3. The van der Waals surface area contributed by atoms with Crippen LogP contribution in [0.3, 0.4) is 0 Å². The van der Waals surface area contributed by atoms with E-state index in [-0.39, 0.29) is 36.6 Å². The average Bonchev–Trinajstić information content (AvgIpc) is 3.54. The van der Waals surface area contributed by atoms with Crippen molar-refractivity contribution in [2.75, 3.05) is 10.6 Å². The summed E-state index contributed by atoms with van der Waals surface area (Å²) in [4.78, 5) is 32.9. The van der Waals surface area contributed by atoms with Gasteiger partial charge in [0.1, 0.15) is 5.75 Å². The fourth-order valence-electron chi connectivity index (χ4n) is 4.38. The van der Waals surface area contributed by atoms with Gasteiger partial charge in [0.2, 0.25) is 17.8 Å². The van der Waals surface area contributed by atoms with Gasteiger partial charge in [-0.3, -0.25) is 14.9 Å². The zero-order valence-electron chi connectivity index (χ0n) is 20.8. The SMILES string of the molecule is O=C1C/C(=C\c2cnn3c(NC4CC4)nc(NCc4ccccc4-c4cccc(OC(F)(F)F)c4)nc23)C(=O)N1. The van der Waals surface area contributed by atoms with Crippen molar-refractivity contribution in [3.05, 3.63) is 71.4 Å². The topological polar surface area (TPSA) is 123 Å². The predicted molar refractivity (Wildman–Crippen MR) is 139 cm³/mol. The summed E-state index contributed by atoms with van der Waals surface area (Å²) in [7, 11) is 0. The normalized spacial score (nSPS) is 16.4. The van der Waals surface area contributed by atoms with Gasteiger partial charge in [0, 0.05) is 23.7 Å². The van der Waals surface area contributed by atoms with Gasteiger partial charge in [-0.15, -0.1) is 13.2 Å². The number of anilines is 2. The molecule has 2 aromatic heterocycles. The van der Waals surface area contributed by atoms with Gasteiger partial charge in [0.05, 0.1) is 12.6 Å². The molecule has 0 atom stereocenters. The number of nitrogens with zero attached hydrogens (tertiary/aromatic N) is 4. The summed E-state index contributed by atoms with van der Waals surface area (Å²) in [6, 6.07) is 13.3. The van der Waals surface area contributed by atoms with Crippen LogP contribution in [0.4, 0.5) is 25.1 Å². The van der Waals surface area contributed by atoms with E-state index in [2.05, 4.69) is 35.8 Å². The number of hydrogen-bond donors (Lipinski definition) is 3. The second kappa shape index (κ2) is 9.98. The summed E-state index contributed by atoms with van der Waals surface area (Å²) < 4.78 is 43.9. The van der Waals surface area contributed by atoms with Crippen LogP contribution in [0.1, 0.15) is 30.4 Å². The van der Waals surface area contributed by atoms with Gasteiger partial charge in [-0.05, 0) is 47.7 Å². The zero-order chi connectivity index (χ0) is 27.9. The minimum absolute atomic E-state index is 0.0223. The minimum atomic E-state index is -4.79. The first-order valence-electron chi connectivity index (χ1n) is 12.5. The van der Waals surface area contributed by atoms with Gasteiger partial charge in [0.15, 0.2) is 5.65 Å². The lowest BCUT2D eigenvalue weighted by atomic mass is 9.99. The summed E-state index contributed by atoms with van der Waals surface area (Å²) in [5.74, 6) is -0.370. The lowest BCUT2D eigenvalue weighted by Crippen LogP contribution is -2.19. The van der Waals surface area contributed by atoms with Gasteiger partial charge < -0.3 is 15.4 Å². The summed E-state index contributed by atoms with van der Waals surface area (Å²) in [6.07, 6.45) is 0.331. The molecule has 10 nitrogen and oxygen atoms in total. The number of benzene rings is 2. The number of alkyl halides is 3. The smallest absolute Gasteiger partial charge is 0.406 e. The molecule has 0 unspecified atom stereocenters. The second-order valence-electron chi connectivity index (χ2n) is 9.43. The first-order chi connectivity index (χ1) is 19.2. The van der Waals surface area contributed by atoms with E-state index in [1.54, 1.807) is 28.9 Å². The molecule has 40 heavy (non-hydrogen) atoms. The van der Waals surface area contributed by atoms with Crippen molar-refractivity contribution >= 4 is 35.4 Å². The fraction of sp³-hybridized carbons (Fsp3) is 0.222. The van der Waals surface area contributed by atoms with Gasteiger partial charge in [0.25, 0.3) is 5.91 Å². The quantitative estimate of drug-likeness (QED) is 0.220. The molecule has 2 amide bonds. The zero-order valence-corrected chi connectivity index (χ0v) is 20.8. The van der Waals surface area contributed by atoms with Crippen LogP contribution in [0.5, 0.6) is 5.75 Å². The Kier molecular flexibility index (Phi) is 6.33. The fourth-order valence-corrected chi connectivity index (χ4v) is 4.38. The van der Waals surface area contributed by atoms with Crippen molar-refractivity contribution in [3.63, 3.8) is 0 Å². The van der Waals surface area contributed by atoms with Crippen molar-refractivity contribution in [3.8, 4) is 16.9 Å². The van der Waals surface area contributed by atoms with E-state index in [0.29, 0.717) is 33.9 Å². The molecule has 3 N–H and O–H groups in total. The molecule has 2 aromatic carbocycles. The van der Waals surface area contributed by atoms with E-state index in [1.807, 2.05) is 18.2 Å². The van der Waals surface area contributed by atoms with Crippen LogP contribution >= 0.6 is 0 Å². The molecule has 1 aliphatic carbocycles. The van der Waals surface area contributed by atoms with Crippen LogP contribution in [-0.4, -0.2) is 43.8 Å². The molecule has 1 saturated carbocycles. The number of ether oxygens (including phenoxy) is 1. The van der Waals surface area contributed by atoms with E-state index >= 15 is 0 Å². The Morgan fingerprint density at radius 3 is 2.67 bits per heavy atom. The Balaban J connectivity index is 1.30. The maximum Gasteiger partial charge on any atom is 0.573 e. The molecule has 0 radical (unpaired) electrons. The van der Waals surface area contributed by atoms with Crippen LogP contribution < -0.4 is 20.7 Å². The largest absolute Gasteiger partial charge is 0.573 e. The standard InChI is InChI=1S/C27H22F3N7O3/c28-27(29,30)40-20-6-3-5-15(11-20)21-7-2-1-4-16(21)13-31-25-35-23-18(10-17-12-22(38)34-24(17)39)14-32-37(23)26(36-25)33-19-8-9-19/h1-7,10-11,14,19H,8-9,12-13H2,(H,34,38,39)(H2,31,33,35,36)/b17-10+. The molecule has 1 aliphatic heterocycles. The number of rotatable bonds is 8. The highest BCUT2D eigenvalue weighted by atomic mass is 19.4. The summed E-state index contributed by atoms with van der Waals surface area (Å²) in [5, 5.41) is 13.2. The summed E-state index contributed by atoms with van der Waals surface area (Å²) in [5.41, 5.74) is 3.36. The molecular weight excluding hydrogens is 527 g/mol. The third kappa shape index (κ3) is 5.58. The first kappa shape index (κ1) is 25.3. The van der Waals surface area contributed by atoms with Crippen LogP contribution in [0, 0.1) is 0 Å². The number of carbonyl (C=O) groups is 2. The first-order valence-corrected chi connectivity index (χ1v) is 12.5. The third-order valence-electron chi connectivity index (χ3n) is 6.36. The van der Waals surface area contributed by atoms with Crippen molar-refractivity contribution in [2.45, 2.75) is 38.2 Å². The number of carbonyl (C=O) groups excluding carboxylic acids is 2. The molecule has 6 rings (SSSR count). The van der Waals surface area contributed by atoms with E-state index < -0.39 is 12.3 Å². The number of amides is 2. The number of fused-ring (bicyclic) bond motifs is 1. The van der Waals surface area contributed by atoms with E-state index in [9.17, 15) is 22.8 Å². The minimum Gasteiger partial charge on any atom is -0.406 e. The molecule has 0 spiro atoms. The summed E-state index contributed by atoms with van der Waals surface area (Å²) in [6.45, 7) is 0.265. The lowest BCUT2D eigenvalue weighted by Gasteiger charge is -2.14. The Morgan fingerprint density at radius 2 is 1.93 bits per heavy atom. The third-order valence-corrected chi connectivity index (χ3v) is 6.36. The van der Waals surface area contributed by atoms with Crippen LogP contribution in [-0.2, 0) is 16.1 Å². The molecule has 0 bridgehead atoms. The number of nitrogens with one attached hydrogen (secondary N) is 3. The maximum atomic E-state index is 12.7. The Hall–Kier alpha value is -4.94. The van der Waals surface area contributed by atoms with Crippen molar-refractivity contribution in [1.29, 1.82) is 0 Å². The highest BCUT2D eigenvalue weighted by molar-refractivity contribution is 6.15. The molecule has 4 aromatic rings. The number of hydrogen-bond acceptors (Lipinski definition) is 8. The maximum absolute atomic E-state index is 12.7. The monoisotopic (exact) mass is 549 g/mol. The number of halogens is 3. The Bertz CT molecular complexity index is 1660. The molecule has 1 saturated heterocycles. The highest BCUT2D eigenvalue weighted by Gasteiger charge is 2.31. The van der Waals surface area contributed by atoms with E-state index in [1.165, 1.54) is 18.2 Å². The molecule has 2 fully saturated rings. The van der Waals surface area contributed by atoms with E-state index in [0.717, 1.165) is 18.4 Å². The van der Waals surface area contributed by atoms with Crippen LogP contribution in [0.15, 0.2) is 60.3 Å². The summed E-state index contributed by atoms with van der Waals surface area (Å²) >= 11 is 0. The van der Waals surface area contributed by atoms with Gasteiger partial charge >= 0.3 is 6.36 Å². The van der Waals surface area contributed by atoms with Gasteiger partial charge in [-0.2, -0.15) is 19.6 Å². The predicted octanol–water partition coefficient (Wildman–Crippen LogP) is 4.31. The average molecular weight is 550 g/mol. The lowest BCUT2D eigenvalue weighted by molar-refractivity contribution is -0.274. The van der Waals surface area contributed by atoms with Crippen molar-refractivity contribution in [1.82, 2.24) is 24.9 Å². The van der Waals surface area contributed by atoms with Crippen molar-refractivity contribution in [2.24, 2.45) is 0 Å². The van der Waals surface area contributed by atoms with Gasteiger partial charge in [-0.1, -0.05) is 36.4 Å².